The number of hydrogen-bond donors (Lipinski definition) is 0. The molecule has 2 rings (SSSR count). The Bertz CT molecular complexity index is 404. The van der Waals surface area contributed by atoms with E-state index < -0.39 is 0 Å². The predicted octanol–water partition coefficient (Wildman–Crippen LogP) is 3.98. The molecule has 2 nitrogen and oxygen atoms in total. The fourth-order valence-corrected chi connectivity index (χ4v) is 2.70. The lowest BCUT2D eigenvalue weighted by Crippen LogP contribution is -2.22. The van der Waals surface area contributed by atoms with Gasteiger partial charge in [-0.25, -0.2) is 0 Å². The highest BCUT2D eigenvalue weighted by molar-refractivity contribution is 5.45. The van der Waals surface area contributed by atoms with Gasteiger partial charge in [-0.1, -0.05) is 6.07 Å². The fourth-order valence-electron chi connectivity index (χ4n) is 2.70. The van der Waals surface area contributed by atoms with Crippen molar-refractivity contribution < 1.29 is 9.47 Å². The first-order valence-electron chi connectivity index (χ1n) is 6.98. The normalized spacial score (nSPS) is 24.0. The maximum absolute atomic E-state index is 5.79. The van der Waals surface area contributed by atoms with E-state index >= 15 is 0 Å². The molecule has 1 aliphatic heterocycles. The summed E-state index contributed by atoms with van der Waals surface area (Å²) in [5, 5.41) is 0. The Balaban J connectivity index is 2.21. The number of benzene rings is 1. The molecule has 2 atom stereocenters. The van der Waals surface area contributed by atoms with Crippen molar-refractivity contribution in [1.82, 2.24) is 0 Å². The van der Waals surface area contributed by atoms with Crippen LogP contribution in [0.25, 0.3) is 0 Å². The van der Waals surface area contributed by atoms with Crippen molar-refractivity contribution >= 4 is 0 Å². The molecular weight excluding hydrogens is 224 g/mol. The van der Waals surface area contributed by atoms with Crippen molar-refractivity contribution in [1.29, 1.82) is 0 Å². The Labute approximate surface area is 110 Å². The first-order valence-corrected chi connectivity index (χ1v) is 6.98. The van der Waals surface area contributed by atoms with Gasteiger partial charge in [0.05, 0.1) is 19.3 Å². The fraction of sp³-hybridized carbons (Fsp3) is 0.625. The molecule has 2 unspecified atom stereocenters. The SMILES string of the molecule is CCOc1ccc(C2CCC(C)OC2)c(C)c1C. The Morgan fingerprint density at radius 1 is 1.22 bits per heavy atom. The van der Waals surface area contributed by atoms with Crippen LogP contribution in [0.3, 0.4) is 0 Å². The molecule has 0 aromatic heterocycles. The molecule has 0 radical (unpaired) electrons. The third-order valence-corrected chi connectivity index (χ3v) is 4.02. The Kier molecular flexibility index (Phi) is 4.28. The molecule has 0 saturated carbocycles. The second-order valence-electron chi connectivity index (χ2n) is 5.25. The lowest BCUT2D eigenvalue weighted by molar-refractivity contribution is 0.0153. The summed E-state index contributed by atoms with van der Waals surface area (Å²) in [5.41, 5.74) is 4.07. The minimum absolute atomic E-state index is 0.422. The van der Waals surface area contributed by atoms with Gasteiger partial charge in [-0.15, -0.1) is 0 Å². The summed E-state index contributed by atoms with van der Waals surface area (Å²) in [4.78, 5) is 0. The van der Waals surface area contributed by atoms with Crippen LogP contribution in [0, 0.1) is 13.8 Å². The van der Waals surface area contributed by atoms with Crippen LogP contribution in [0.1, 0.15) is 49.3 Å². The average molecular weight is 248 g/mol. The average Bonchev–Trinajstić information content (AvgIpc) is 2.37. The standard InChI is InChI=1S/C16H24O2/c1-5-17-16-9-8-15(12(3)13(16)4)14-7-6-11(2)18-10-14/h8-9,11,14H,5-7,10H2,1-4H3. The lowest BCUT2D eigenvalue weighted by atomic mass is 9.87. The first-order chi connectivity index (χ1) is 8.63. The molecule has 0 spiro atoms. The molecule has 1 saturated heterocycles. The summed E-state index contributed by atoms with van der Waals surface area (Å²) in [7, 11) is 0. The maximum atomic E-state index is 5.79. The van der Waals surface area contributed by atoms with Crippen molar-refractivity contribution in [2.45, 2.75) is 52.6 Å². The van der Waals surface area contributed by atoms with Gasteiger partial charge in [0.15, 0.2) is 0 Å². The molecule has 0 N–H and O–H groups in total. The lowest BCUT2D eigenvalue weighted by Gasteiger charge is -2.29. The Morgan fingerprint density at radius 2 is 2.00 bits per heavy atom. The molecule has 18 heavy (non-hydrogen) atoms. The monoisotopic (exact) mass is 248 g/mol. The van der Waals surface area contributed by atoms with Gasteiger partial charge in [-0.3, -0.25) is 0 Å². The van der Waals surface area contributed by atoms with Crippen LogP contribution in [-0.4, -0.2) is 19.3 Å². The molecular formula is C16H24O2. The molecule has 1 aromatic carbocycles. The second-order valence-corrected chi connectivity index (χ2v) is 5.25. The van der Waals surface area contributed by atoms with Crippen LogP contribution in [0.2, 0.25) is 0 Å². The molecule has 1 aliphatic rings. The van der Waals surface area contributed by atoms with Gasteiger partial charge in [0.2, 0.25) is 0 Å². The summed E-state index contributed by atoms with van der Waals surface area (Å²) in [6.07, 6.45) is 2.82. The first kappa shape index (κ1) is 13.4. The number of ether oxygens (including phenoxy) is 2. The van der Waals surface area contributed by atoms with E-state index in [1.807, 2.05) is 6.92 Å². The summed E-state index contributed by atoms with van der Waals surface area (Å²) < 4.78 is 11.4. The van der Waals surface area contributed by atoms with E-state index in [1.165, 1.54) is 23.1 Å². The molecule has 0 amide bonds. The van der Waals surface area contributed by atoms with Gasteiger partial charge in [-0.2, -0.15) is 0 Å². The predicted molar refractivity (Wildman–Crippen MR) is 74.5 cm³/mol. The minimum atomic E-state index is 0.422. The Hall–Kier alpha value is -1.02. The van der Waals surface area contributed by atoms with Crippen molar-refractivity contribution in [2.75, 3.05) is 13.2 Å². The van der Waals surface area contributed by atoms with Crippen molar-refractivity contribution in [3.8, 4) is 5.75 Å². The number of hydrogen-bond acceptors (Lipinski definition) is 2. The van der Waals surface area contributed by atoms with E-state index in [0.29, 0.717) is 12.0 Å². The van der Waals surface area contributed by atoms with Crippen LogP contribution in [0.5, 0.6) is 5.75 Å². The number of rotatable bonds is 3. The highest BCUT2D eigenvalue weighted by Crippen LogP contribution is 2.34. The quantitative estimate of drug-likeness (QED) is 0.805. The van der Waals surface area contributed by atoms with E-state index in [4.69, 9.17) is 9.47 Å². The minimum Gasteiger partial charge on any atom is -0.494 e. The van der Waals surface area contributed by atoms with Gasteiger partial charge in [-0.05, 0) is 63.3 Å². The van der Waals surface area contributed by atoms with Crippen LogP contribution < -0.4 is 4.74 Å². The van der Waals surface area contributed by atoms with E-state index in [1.54, 1.807) is 0 Å². The van der Waals surface area contributed by atoms with Crippen molar-refractivity contribution in [3.63, 3.8) is 0 Å². The highest BCUT2D eigenvalue weighted by Gasteiger charge is 2.22. The van der Waals surface area contributed by atoms with Crippen LogP contribution in [0.15, 0.2) is 12.1 Å². The maximum Gasteiger partial charge on any atom is 0.122 e. The van der Waals surface area contributed by atoms with Crippen LogP contribution in [-0.2, 0) is 4.74 Å². The molecule has 0 bridgehead atoms. The van der Waals surface area contributed by atoms with Crippen LogP contribution >= 0.6 is 0 Å². The second kappa shape index (κ2) is 5.75. The summed E-state index contributed by atoms with van der Waals surface area (Å²) in [6, 6.07) is 4.33. The zero-order chi connectivity index (χ0) is 13.1. The van der Waals surface area contributed by atoms with E-state index in [-0.39, 0.29) is 0 Å². The highest BCUT2D eigenvalue weighted by atomic mass is 16.5. The Morgan fingerprint density at radius 3 is 2.61 bits per heavy atom. The van der Waals surface area contributed by atoms with Crippen LogP contribution in [0.4, 0.5) is 0 Å². The molecule has 1 aromatic rings. The third-order valence-electron chi connectivity index (χ3n) is 4.02. The largest absolute Gasteiger partial charge is 0.494 e. The van der Waals surface area contributed by atoms with Gasteiger partial charge in [0.1, 0.15) is 5.75 Å². The van der Waals surface area contributed by atoms with E-state index in [9.17, 15) is 0 Å². The summed E-state index contributed by atoms with van der Waals surface area (Å²) >= 11 is 0. The summed E-state index contributed by atoms with van der Waals surface area (Å²) in [6.45, 7) is 10.1. The van der Waals surface area contributed by atoms with E-state index in [2.05, 4.69) is 32.9 Å². The summed E-state index contributed by atoms with van der Waals surface area (Å²) in [5.74, 6) is 1.57. The zero-order valence-corrected chi connectivity index (χ0v) is 12.0. The molecule has 2 heteroatoms. The van der Waals surface area contributed by atoms with Crippen molar-refractivity contribution in [2.24, 2.45) is 0 Å². The topological polar surface area (TPSA) is 18.5 Å². The third kappa shape index (κ3) is 2.69. The smallest absolute Gasteiger partial charge is 0.122 e. The molecule has 1 fully saturated rings. The molecule has 100 valence electrons. The molecule has 0 aliphatic carbocycles. The zero-order valence-electron chi connectivity index (χ0n) is 12.0. The van der Waals surface area contributed by atoms with Gasteiger partial charge >= 0.3 is 0 Å². The van der Waals surface area contributed by atoms with Gasteiger partial charge < -0.3 is 9.47 Å². The van der Waals surface area contributed by atoms with Gasteiger partial charge in [0.25, 0.3) is 0 Å². The van der Waals surface area contributed by atoms with E-state index in [0.717, 1.165) is 25.4 Å². The van der Waals surface area contributed by atoms with Crippen molar-refractivity contribution in [3.05, 3.63) is 28.8 Å². The molecule has 1 heterocycles. The van der Waals surface area contributed by atoms with Gasteiger partial charge in [0, 0.05) is 5.92 Å².